The molecule has 1 aromatic rings. The maximum atomic E-state index is 11.2. The summed E-state index contributed by atoms with van der Waals surface area (Å²) < 4.78 is 4.52. The minimum absolute atomic E-state index is 0.331. The summed E-state index contributed by atoms with van der Waals surface area (Å²) in [7, 11) is 1.27. The quantitative estimate of drug-likeness (QED) is 0.701. The van der Waals surface area contributed by atoms with Crippen LogP contribution in [0.25, 0.3) is 0 Å². The summed E-state index contributed by atoms with van der Waals surface area (Å²) in [6.07, 6.45) is 0. The number of esters is 1. The third kappa shape index (κ3) is 3.21. The van der Waals surface area contributed by atoms with Crippen LogP contribution in [0.3, 0.4) is 0 Å². The van der Waals surface area contributed by atoms with Crippen LogP contribution in [0.1, 0.15) is 5.69 Å². The van der Waals surface area contributed by atoms with Crippen molar-refractivity contribution in [1.29, 1.82) is 0 Å². The van der Waals surface area contributed by atoms with Crippen molar-refractivity contribution in [2.75, 3.05) is 19.0 Å². The molecule has 1 heterocycles. The molecule has 0 aromatic carbocycles. The van der Waals surface area contributed by atoms with Crippen molar-refractivity contribution in [3.05, 3.63) is 23.9 Å². The second kappa shape index (κ2) is 5.31. The first-order valence-electron chi connectivity index (χ1n) is 4.56. The molecule has 1 rings (SSSR count). The molecule has 0 spiro atoms. The lowest BCUT2D eigenvalue weighted by Gasteiger charge is -2.14. The molecule has 0 radical (unpaired) electrons. The molecule has 2 N–H and O–H groups in total. The number of anilines is 1. The van der Waals surface area contributed by atoms with Crippen LogP contribution >= 0.6 is 0 Å². The zero-order valence-electron chi connectivity index (χ0n) is 8.73. The van der Waals surface area contributed by atoms with E-state index in [2.05, 4.69) is 15.0 Å². The van der Waals surface area contributed by atoms with Crippen LogP contribution in [0.2, 0.25) is 0 Å². The van der Waals surface area contributed by atoms with Crippen LogP contribution in [0.5, 0.6) is 0 Å². The lowest BCUT2D eigenvalue weighted by molar-refractivity contribution is -0.142. The van der Waals surface area contributed by atoms with E-state index in [1.807, 2.05) is 19.1 Å². The van der Waals surface area contributed by atoms with Gasteiger partial charge in [0.05, 0.1) is 13.7 Å². The Morgan fingerprint density at radius 2 is 2.40 bits per heavy atom. The number of ether oxygens (including phenoxy) is 1. The van der Waals surface area contributed by atoms with Gasteiger partial charge in [-0.25, -0.2) is 9.78 Å². The Balaban J connectivity index is 2.70. The summed E-state index contributed by atoms with van der Waals surface area (Å²) in [5.41, 5.74) is 0.835. The number of methoxy groups -OCH3 is 1. The van der Waals surface area contributed by atoms with E-state index in [1.165, 1.54) is 7.11 Å². The highest BCUT2D eigenvalue weighted by Crippen LogP contribution is 2.06. The number of aliphatic hydroxyl groups is 1. The van der Waals surface area contributed by atoms with Gasteiger partial charge in [-0.3, -0.25) is 0 Å². The van der Waals surface area contributed by atoms with Gasteiger partial charge in [0, 0.05) is 5.69 Å². The van der Waals surface area contributed by atoms with Gasteiger partial charge in [-0.15, -0.1) is 0 Å². The predicted molar refractivity (Wildman–Crippen MR) is 55.5 cm³/mol. The minimum Gasteiger partial charge on any atom is -0.467 e. The van der Waals surface area contributed by atoms with Gasteiger partial charge in [-0.1, -0.05) is 6.07 Å². The largest absolute Gasteiger partial charge is 0.467 e. The number of nitrogens with zero attached hydrogens (tertiary/aromatic N) is 1. The van der Waals surface area contributed by atoms with E-state index in [4.69, 9.17) is 5.11 Å². The molecule has 1 atom stereocenters. The Hall–Kier alpha value is -1.62. The molecule has 0 aliphatic heterocycles. The van der Waals surface area contributed by atoms with Crippen LogP contribution in [0, 0.1) is 6.92 Å². The standard InChI is InChI=1S/C10H14N2O3/c1-7-4-3-5-9(11-7)12-8(6-13)10(14)15-2/h3-5,8,13H,6H2,1-2H3,(H,11,12). The molecule has 0 fully saturated rings. The fourth-order valence-corrected chi connectivity index (χ4v) is 1.12. The summed E-state index contributed by atoms with van der Waals surface area (Å²) in [5, 5.41) is 11.8. The van der Waals surface area contributed by atoms with E-state index in [1.54, 1.807) is 6.07 Å². The van der Waals surface area contributed by atoms with Gasteiger partial charge in [-0.2, -0.15) is 0 Å². The lowest BCUT2D eigenvalue weighted by atomic mass is 10.3. The Morgan fingerprint density at radius 1 is 1.67 bits per heavy atom. The molecular weight excluding hydrogens is 196 g/mol. The minimum atomic E-state index is -0.774. The van der Waals surface area contributed by atoms with Crippen LogP contribution < -0.4 is 5.32 Å². The van der Waals surface area contributed by atoms with Crippen molar-refractivity contribution >= 4 is 11.8 Å². The molecule has 1 aromatic heterocycles. The van der Waals surface area contributed by atoms with E-state index in [9.17, 15) is 4.79 Å². The maximum absolute atomic E-state index is 11.2. The van der Waals surface area contributed by atoms with Gasteiger partial charge in [0.1, 0.15) is 11.9 Å². The van der Waals surface area contributed by atoms with Gasteiger partial charge >= 0.3 is 5.97 Å². The number of rotatable bonds is 4. The molecule has 0 amide bonds. The van der Waals surface area contributed by atoms with E-state index in [0.717, 1.165) is 5.69 Å². The topological polar surface area (TPSA) is 71.5 Å². The van der Waals surface area contributed by atoms with E-state index < -0.39 is 12.0 Å². The zero-order chi connectivity index (χ0) is 11.3. The average molecular weight is 210 g/mol. The monoisotopic (exact) mass is 210 g/mol. The average Bonchev–Trinajstić information content (AvgIpc) is 2.25. The number of carbonyl (C=O) groups excluding carboxylic acids is 1. The summed E-state index contributed by atoms with van der Waals surface area (Å²) in [4.78, 5) is 15.3. The van der Waals surface area contributed by atoms with Crippen LogP contribution in [0.15, 0.2) is 18.2 Å². The van der Waals surface area contributed by atoms with Crippen molar-refractivity contribution in [1.82, 2.24) is 4.98 Å². The third-order valence-corrected chi connectivity index (χ3v) is 1.88. The number of pyridine rings is 1. The Morgan fingerprint density at radius 3 is 2.93 bits per heavy atom. The van der Waals surface area contributed by atoms with Gasteiger partial charge in [0.15, 0.2) is 0 Å². The summed E-state index contributed by atoms with van der Waals surface area (Å²) >= 11 is 0. The number of carbonyl (C=O) groups is 1. The van der Waals surface area contributed by atoms with E-state index >= 15 is 0 Å². The molecule has 1 unspecified atom stereocenters. The van der Waals surface area contributed by atoms with Crippen LogP contribution in [0.4, 0.5) is 5.82 Å². The van der Waals surface area contributed by atoms with Crippen molar-refractivity contribution < 1.29 is 14.6 Å². The van der Waals surface area contributed by atoms with E-state index in [0.29, 0.717) is 5.82 Å². The van der Waals surface area contributed by atoms with Crippen molar-refractivity contribution in [3.63, 3.8) is 0 Å². The number of nitrogens with one attached hydrogen (secondary N) is 1. The second-order valence-electron chi connectivity index (χ2n) is 3.07. The number of aryl methyl sites for hydroxylation is 1. The molecule has 5 heteroatoms. The molecule has 15 heavy (non-hydrogen) atoms. The Labute approximate surface area is 88.1 Å². The number of aromatic nitrogens is 1. The predicted octanol–water partition coefficient (Wildman–Crippen LogP) is 0.336. The number of aliphatic hydroxyl groups excluding tert-OH is 1. The normalized spacial score (nSPS) is 11.9. The Kier molecular flexibility index (Phi) is 4.05. The number of hydrogen-bond donors (Lipinski definition) is 2. The van der Waals surface area contributed by atoms with Crippen molar-refractivity contribution in [3.8, 4) is 0 Å². The highest BCUT2D eigenvalue weighted by Gasteiger charge is 2.17. The molecule has 0 bridgehead atoms. The molecule has 82 valence electrons. The number of hydrogen-bond acceptors (Lipinski definition) is 5. The fraction of sp³-hybridized carbons (Fsp3) is 0.400. The molecular formula is C10H14N2O3. The molecule has 5 nitrogen and oxygen atoms in total. The Bertz CT molecular complexity index is 341. The van der Waals surface area contributed by atoms with Gasteiger partial charge in [0.25, 0.3) is 0 Å². The summed E-state index contributed by atoms with van der Waals surface area (Å²) in [6.45, 7) is 1.51. The van der Waals surface area contributed by atoms with Crippen LogP contribution in [-0.4, -0.2) is 35.8 Å². The smallest absolute Gasteiger partial charge is 0.330 e. The highest BCUT2D eigenvalue weighted by atomic mass is 16.5. The SMILES string of the molecule is COC(=O)C(CO)Nc1cccc(C)n1. The van der Waals surface area contributed by atoms with Gasteiger partial charge < -0.3 is 15.2 Å². The first-order chi connectivity index (χ1) is 7.17. The first-order valence-corrected chi connectivity index (χ1v) is 4.56. The first kappa shape index (κ1) is 11.5. The van der Waals surface area contributed by atoms with Crippen molar-refractivity contribution in [2.24, 2.45) is 0 Å². The van der Waals surface area contributed by atoms with E-state index in [-0.39, 0.29) is 6.61 Å². The summed E-state index contributed by atoms with van der Waals surface area (Å²) in [5.74, 6) is 0.0280. The molecule has 0 saturated carbocycles. The molecule has 0 aliphatic carbocycles. The van der Waals surface area contributed by atoms with Gasteiger partial charge in [-0.05, 0) is 19.1 Å². The van der Waals surface area contributed by atoms with Gasteiger partial charge in [0.2, 0.25) is 0 Å². The maximum Gasteiger partial charge on any atom is 0.330 e. The van der Waals surface area contributed by atoms with Crippen molar-refractivity contribution in [2.45, 2.75) is 13.0 Å². The third-order valence-electron chi connectivity index (χ3n) is 1.88. The highest BCUT2D eigenvalue weighted by molar-refractivity contribution is 5.78. The van der Waals surface area contributed by atoms with Crippen LogP contribution in [-0.2, 0) is 9.53 Å². The summed E-state index contributed by atoms with van der Waals surface area (Å²) in [6, 6.07) is 4.61. The molecule has 0 saturated heterocycles. The lowest BCUT2D eigenvalue weighted by Crippen LogP contribution is -2.34. The zero-order valence-corrected chi connectivity index (χ0v) is 8.73. The molecule has 0 aliphatic rings. The fourth-order valence-electron chi connectivity index (χ4n) is 1.12. The second-order valence-corrected chi connectivity index (χ2v) is 3.07.